The van der Waals surface area contributed by atoms with Gasteiger partial charge in [0, 0.05) is 25.5 Å². The van der Waals surface area contributed by atoms with Crippen LogP contribution in [0.1, 0.15) is 30.1 Å². The fourth-order valence-corrected chi connectivity index (χ4v) is 2.05. The fraction of sp³-hybridized carbons (Fsp3) is 0.500. The third kappa shape index (κ3) is 2.60. The van der Waals surface area contributed by atoms with Gasteiger partial charge in [-0.1, -0.05) is 0 Å². The minimum Gasteiger partial charge on any atom is -0.390 e. The van der Waals surface area contributed by atoms with Crippen molar-refractivity contribution in [3.05, 3.63) is 24.0 Å². The zero-order valence-electron chi connectivity index (χ0n) is 10.4. The molecule has 0 unspecified atom stereocenters. The van der Waals surface area contributed by atoms with Crippen LogP contribution in [-0.2, 0) is 0 Å². The Morgan fingerprint density at radius 2 is 2.22 bits per heavy atom. The maximum atomic E-state index is 12.3. The van der Waals surface area contributed by atoms with Gasteiger partial charge in [0.1, 0.15) is 0 Å². The van der Waals surface area contributed by atoms with Crippen molar-refractivity contribution in [2.24, 2.45) is 5.84 Å². The highest BCUT2D eigenvalue weighted by Gasteiger charge is 2.30. The van der Waals surface area contributed by atoms with Crippen LogP contribution >= 0.6 is 0 Å². The summed E-state index contributed by atoms with van der Waals surface area (Å²) in [4.78, 5) is 18.0. The predicted octanol–water partition coefficient (Wildman–Crippen LogP) is 0.354. The Balaban J connectivity index is 2.13. The molecular formula is C12H18N4O2. The number of carbonyl (C=O) groups excluding carboxylic acids is 1. The molecule has 1 amide bonds. The molecule has 98 valence electrons. The molecule has 0 bridgehead atoms. The van der Waals surface area contributed by atoms with E-state index in [9.17, 15) is 9.90 Å². The van der Waals surface area contributed by atoms with Crippen molar-refractivity contribution in [1.29, 1.82) is 0 Å². The Labute approximate surface area is 106 Å². The number of piperidine rings is 1. The lowest BCUT2D eigenvalue weighted by Crippen LogP contribution is -2.45. The molecule has 6 nitrogen and oxygen atoms in total. The van der Waals surface area contributed by atoms with Gasteiger partial charge in [0.2, 0.25) is 0 Å². The van der Waals surface area contributed by atoms with Gasteiger partial charge in [-0.2, -0.15) is 0 Å². The molecule has 1 aromatic heterocycles. The standard InChI is InChI=1S/C12H18N4O2/c1-12(18)3-6-16(7-4-12)11(17)9-8-14-5-2-10(9)15-13/h2,5,8,18H,3-4,6-7,13H2,1H3,(H,14,15). The molecule has 2 heterocycles. The maximum Gasteiger partial charge on any atom is 0.257 e. The van der Waals surface area contributed by atoms with E-state index < -0.39 is 5.60 Å². The van der Waals surface area contributed by atoms with E-state index >= 15 is 0 Å². The number of rotatable bonds is 2. The van der Waals surface area contributed by atoms with Crippen molar-refractivity contribution in [2.75, 3.05) is 18.5 Å². The number of nitrogens with one attached hydrogen (secondary N) is 1. The second kappa shape index (κ2) is 4.91. The molecule has 0 spiro atoms. The molecule has 1 saturated heterocycles. The van der Waals surface area contributed by atoms with Crippen LogP contribution in [0.3, 0.4) is 0 Å². The van der Waals surface area contributed by atoms with Crippen molar-refractivity contribution < 1.29 is 9.90 Å². The summed E-state index contributed by atoms with van der Waals surface area (Å²) in [6, 6.07) is 1.66. The van der Waals surface area contributed by atoms with Crippen LogP contribution in [0.5, 0.6) is 0 Å². The molecule has 0 saturated carbocycles. The number of nitrogens with zero attached hydrogens (tertiary/aromatic N) is 2. The Bertz CT molecular complexity index is 437. The Morgan fingerprint density at radius 1 is 1.56 bits per heavy atom. The smallest absolute Gasteiger partial charge is 0.257 e. The lowest BCUT2D eigenvalue weighted by Gasteiger charge is -2.35. The zero-order valence-corrected chi connectivity index (χ0v) is 10.4. The molecule has 2 rings (SSSR count). The molecule has 4 N–H and O–H groups in total. The molecule has 0 aliphatic carbocycles. The van der Waals surface area contributed by atoms with Crippen molar-refractivity contribution in [3.8, 4) is 0 Å². The van der Waals surface area contributed by atoms with E-state index in [0.717, 1.165) is 0 Å². The number of aromatic nitrogens is 1. The number of carbonyl (C=O) groups is 1. The summed E-state index contributed by atoms with van der Waals surface area (Å²) in [5, 5.41) is 9.86. The summed E-state index contributed by atoms with van der Waals surface area (Å²) in [7, 11) is 0. The average Bonchev–Trinajstić information content (AvgIpc) is 2.38. The summed E-state index contributed by atoms with van der Waals surface area (Å²) >= 11 is 0. The van der Waals surface area contributed by atoms with Crippen molar-refractivity contribution >= 4 is 11.6 Å². The lowest BCUT2D eigenvalue weighted by atomic mass is 9.93. The highest BCUT2D eigenvalue weighted by atomic mass is 16.3. The number of nitrogen functional groups attached to an aromatic ring is 1. The summed E-state index contributed by atoms with van der Waals surface area (Å²) in [6.45, 7) is 2.89. The molecule has 6 heteroatoms. The first-order chi connectivity index (χ1) is 8.53. The van der Waals surface area contributed by atoms with Crippen molar-refractivity contribution in [2.45, 2.75) is 25.4 Å². The number of anilines is 1. The SMILES string of the molecule is CC1(O)CCN(C(=O)c2cnccc2NN)CC1. The largest absolute Gasteiger partial charge is 0.390 e. The molecule has 18 heavy (non-hydrogen) atoms. The van der Waals surface area contributed by atoms with Crippen molar-refractivity contribution in [3.63, 3.8) is 0 Å². The topological polar surface area (TPSA) is 91.5 Å². The second-order valence-electron chi connectivity index (χ2n) is 4.85. The van der Waals surface area contributed by atoms with E-state index in [4.69, 9.17) is 5.84 Å². The third-order valence-electron chi connectivity index (χ3n) is 3.33. The lowest BCUT2D eigenvalue weighted by molar-refractivity contribution is -0.00200. The van der Waals surface area contributed by atoms with E-state index in [1.54, 1.807) is 24.1 Å². The first-order valence-corrected chi connectivity index (χ1v) is 5.96. The summed E-state index contributed by atoms with van der Waals surface area (Å²) < 4.78 is 0. The first-order valence-electron chi connectivity index (χ1n) is 5.96. The van der Waals surface area contributed by atoms with E-state index in [1.807, 2.05) is 0 Å². The zero-order chi connectivity index (χ0) is 13.2. The normalized spacial score (nSPS) is 18.5. The van der Waals surface area contributed by atoms with Gasteiger partial charge in [-0.25, -0.2) is 0 Å². The van der Waals surface area contributed by atoms with Crippen LogP contribution in [0.2, 0.25) is 0 Å². The van der Waals surface area contributed by atoms with Crippen LogP contribution in [0, 0.1) is 0 Å². The number of hydrogen-bond donors (Lipinski definition) is 3. The number of likely N-dealkylation sites (tertiary alicyclic amines) is 1. The number of aliphatic hydroxyl groups is 1. The second-order valence-corrected chi connectivity index (χ2v) is 4.85. The molecule has 0 radical (unpaired) electrons. The Kier molecular flexibility index (Phi) is 3.49. The van der Waals surface area contributed by atoms with Crippen molar-refractivity contribution in [1.82, 2.24) is 9.88 Å². The summed E-state index contributed by atoms with van der Waals surface area (Å²) in [5.74, 6) is 5.27. The van der Waals surface area contributed by atoms with Crippen LogP contribution in [-0.4, -0.2) is 39.6 Å². The first kappa shape index (κ1) is 12.8. The Morgan fingerprint density at radius 3 is 2.83 bits per heavy atom. The van der Waals surface area contributed by atoms with Crippen LogP contribution < -0.4 is 11.3 Å². The van der Waals surface area contributed by atoms with Gasteiger partial charge in [0.15, 0.2) is 0 Å². The predicted molar refractivity (Wildman–Crippen MR) is 67.8 cm³/mol. The molecule has 0 atom stereocenters. The fourth-order valence-electron chi connectivity index (χ4n) is 2.05. The van der Waals surface area contributed by atoms with Crippen LogP contribution in [0.15, 0.2) is 18.5 Å². The minimum absolute atomic E-state index is 0.105. The summed E-state index contributed by atoms with van der Waals surface area (Å²) in [5.41, 5.74) is 2.85. The van der Waals surface area contributed by atoms with Gasteiger partial charge in [-0.15, -0.1) is 0 Å². The highest BCUT2D eigenvalue weighted by molar-refractivity contribution is 5.99. The number of hydrogen-bond acceptors (Lipinski definition) is 5. The average molecular weight is 250 g/mol. The molecule has 1 aromatic rings. The molecule has 1 fully saturated rings. The van der Waals surface area contributed by atoms with Gasteiger partial charge in [0.25, 0.3) is 5.91 Å². The van der Waals surface area contributed by atoms with Gasteiger partial charge in [0.05, 0.1) is 16.9 Å². The van der Waals surface area contributed by atoms with Gasteiger partial charge >= 0.3 is 0 Å². The minimum atomic E-state index is -0.666. The molecule has 1 aliphatic rings. The van der Waals surface area contributed by atoms with Crippen LogP contribution in [0.4, 0.5) is 5.69 Å². The van der Waals surface area contributed by atoms with Gasteiger partial charge in [-0.3, -0.25) is 15.6 Å². The number of hydrazine groups is 1. The van der Waals surface area contributed by atoms with E-state index in [1.165, 1.54) is 6.20 Å². The number of amides is 1. The molecular weight excluding hydrogens is 232 g/mol. The van der Waals surface area contributed by atoms with Gasteiger partial charge < -0.3 is 15.4 Å². The number of pyridine rings is 1. The van der Waals surface area contributed by atoms with E-state index in [0.29, 0.717) is 37.2 Å². The van der Waals surface area contributed by atoms with Gasteiger partial charge in [-0.05, 0) is 25.8 Å². The van der Waals surface area contributed by atoms with E-state index in [2.05, 4.69) is 10.4 Å². The number of nitrogens with two attached hydrogens (primary N) is 1. The summed E-state index contributed by atoms with van der Waals surface area (Å²) in [6.07, 6.45) is 4.26. The van der Waals surface area contributed by atoms with E-state index in [-0.39, 0.29) is 5.91 Å². The van der Waals surface area contributed by atoms with Crippen LogP contribution in [0.25, 0.3) is 0 Å². The molecule has 1 aliphatic heterocycles. The Hall–Kier alpha value is -1.66. The highest BCUT2D eigenvalue weighted by Crippen LogP contribution is 2.23. The quantitative estimate of drug-likeness (QED) is 0.520. The third-order valence-corrected chi connectivity index (χ3v) is 3.33. The maximum absolute atomic E-state index is 12.3. The molecule has 0 aromatic carbocycles. The monoisotopic (exact) mass is 250 g/mol.